The van der Waals surface area contributed by atoms with Gasteiger partial charge in [0.15, 0.2) is 6.10 Å². The molecule has 4 nitrogen and oxygen atoms in total. The van der Waals surface area contributed by atoms with Crippen LogP contribution in [0.4, 0.5) is 5.69 Å². The second-order valence-electron chi connectivity index (χ2n) is 4.93. The largest absolute Gasteiger partial charge is 0.452 e. The third-order valence-corrected chi connectivity index (χ3v) is 3.55. The van der Waals surface area contributed by atoms with Gasteiger partial charge in [-0.2, -0.15) is 0 Å². The Hall–Kier alpha value is -2.04. The van der Waals surface area contributed by atoms with Crippen molar-refractivity contribution in [2.75, 3.05) is 5.32 Å². The summed E-state index contributed by atoms with van der Waals surface area (Å²) in [5.74, 6) is -0.886. The first-order valence-electron chi connectivity index (χ1n) is 6.94. The Morgan fingerprint density at radius 1 is 1.00 bits per heavy atom. The summed E-state index contributed by atoms with van der Waals surface area (Å²) in [7, 11) is 0. The molecular weight excluding hydrogens is 337 g/mol. The highest BCUT2D eigenvalue weighted by molar-refractivity contribution is 6.30. The zero-order valence-corrected chi connectivity index (χ0v) is 13.9. The monoisotopic (exact) mass is 351 g/mol. The minimum atomic E-state index is -0.898. The van der Waals surface area contributed by atoms with Crippen molar-refractivity contribution in [3.63, 3.8) is 0 Å². The Kier molecular flexibility index (Phi) is 6.02. The summed E-state index contributed by atoms with van der Waals surface area (Å²) in [5.41, 5.74) is 1.35. The molecule has 0 unspecified atom stereocenters. The quantitative estimate of drug-likeness (QED) is 0.824. The van der Waals surface area contributed by atoms with E-state index in [1.54, 1.807) is 48.5 Å². The SMILES string of the molecule is C[C@H](OC(=O)Cc1ccc(Cl)cc1)C(=O)Nc1ccc(Cl)cc1. The van der Waals surface area contributed by atoms with E-state index < -0.39 is 18.0 Å². The first-order chi connectivity index (χ1) is 10.9. The number of nitrogens with one attached hydrogen (secondary N) is 1. The smallest absolute Gasteiger partial charge is 0.311 e. The minimum Gasteiger partial charge on any atom is -0.452 e. The van der Waals surface area contributed by atoms with Crippen LogP contribution in [0.25, 0.3) is 0 Å². The van der Waals surface area contributed by atoms with Crippen LogP contribution in [0.5, 0.6) is 0 Å². The lowest BCUT2D eigenvalue weighted by Gasteiger charge is -2.13. The standard InChI is InChI=1S/C17H15Cl2NO3/c1-11(17(22)20-15-8-6-14(19)7-9-15)23-16(21)10-12-2-4-13(18)5-3-12/h2-9,11H,10H2,1H3,(H,20,22)/t11-/m0/s1. The Bertz CT molecular complexity index is 684. The van der Waals surface area contributed by atoms with Gasteiger partial charge in [0.05, 0.1) is 6.42 Å². The van der Waals surface area contributed by atoms with Crippen LogP contribution in [0, 0.1) is 0 Å². The molecule has 0 radical (unpaired) electrons. The first kappa shape index (κ1) is 17.3. The molecule has 2 rings (SSSR count). The molecule has 1 atom stereocenters. The number of carbonyl (C=O) groups is 2. The predicted octanol–water partition coefficient (Wildman–Crippen LogP) is 4.11. The fourth-order valence-electron chi connectivity index (χ4n) is 1.84. The van der Waals surface area contributed by atoms with E-state index in [2.05, 4.69) is 5.32 Å². The molecule has 0 aliphatic carbocycles. The van der Waals surface area contributed by atoms with E-state index in [1.807, 2.05) is 0 Å². The average Bonchev–Trinajstić information content (AvgIpc) is 2.51. The zero-order chi connectivity index (χ0) is 16.8. The number of esters is 1. The van der Waals surface area contributed by atoms with Gasteiger partial charge >= 0.3 is 5.97 Å². The van der Waals surface area contributed by atoms with Crippen LogP contribution >= 0.6 is 23.2 Å². The molecule has 0 heterocycles. The van der Waals surface area contributed by atoms with E-state index in [9.17, 15) is 9.59 Å². The van der Waals surface area contributed by atoms with Crippen molar-refractivity contribution in [1.29, 1.82) is 0 Å². The van der Waals surface area contributed by atoms with E-state index in [4.69, 9.17) is 27.9 Å². The Labute approximate surface area is 144 Å². The van der Waals surface area contributed by atoms with Crippen molar-refractivity contribution in [3.8, 4) is 0 Å². The van der Waals surface area contributed by atoms with Crippen molar-refractivity contribution in [2.24, 2.45) is 0 Å². The molecule has 2 aromatic carbocycles. The molecule has 1 amide bonds. The number of hydrogen-bond donors (Lipinski definition) is 1. The fraction of sp³-hybridized carbons (Fsp3) is 0.176. The van der Waals surface area contributed by atoms with Crippen LogP contribution in [0.3, 0.4) is 0 Å². The summed E-state index contributed by atoms with van der Waals surface area (Å²) < 4.78 is 5.13. The molecule has 120 valence electrons. The summed E-state index contributed by atoms with van der Waals surface area (Å²) in [4.78, 5) is 23.8. The normalized spacial score (nSPS) is 11.6. The van der Waals surface area contributed by atoms with E-state index in [0.717, 1.165) is 5.56 Å². The molecule has 6 heteroatoms. The van der Waals surface area contributed by atoms with Gasteiger partial charge in [0.1, 0.15) is 0 Å². The van der Waals surface area contributed by atoms with Crippen LogP contribution < -0.4 is 5.32 Å². The van der Waals surface area contributed by atoms with E-state index in [1.165, 1.54) is 6.92 Å². The molecule has 0 saturated carbocycles. The third kappa shape index (κ3) is 5.58. The molecule has 23 heavy (non-hydrogen) atoms. The minimum absolute atomic E-state index is 0.0791. The van der Waals surface area contributed by atoms with E-state index >= 15 is 0 Å². The van der Waals surface area contributed by atoms with E-state index in [-0.39, 0.29) is 6.42 Å². The topological polar surface area (TPSA) is 55.4 Å². The van der Waals surface area contributed by atoms with Gasteiger partial charge in [-0.15, -0.1) is 0 Å². The Morgan fingerprint density at radius 3 is 2.09 bits per heavy atom. The van der Waals surface area contributed by atoms with Crippen molar-refractivity contribution in [3.05, 3.63) is 64.1 Å². The lowest BCUT2D eigenvalue weighted by Crippen LogP contribution is -2.30. The maximum atomic E-state index is 12.0. The molecular formula is C17H15Cl2NO3. The zero-order valence-electron chi connectivity index (χ0n) is 12.4. The molecule has 0 spiro atoms. The van der Waals surface area contributed by atoms with Gasteiger partial charge in [0, 0.05) is 15.7 Å². The van der Waals surface area contributed by atoms with Gasteiger partial charge in [-0.25, -0.2) is 0 Å². The van der Waals surface area contributed by atoms with Crippen LogP contribution in [0.15, 0.2) is 48.5 Å². The number of carbonyl (C=O) groups excluding carboxylic acids is 2. The number of anilines is 1. The highest BCUT2D eigenvalue weighted by atomic mass is 35.5. The molecule has 0 saturated heterocycles. The van der Waals surface area contributed by atoms with Crippen molar-refractivity contribution in [2.45, 2.75) is 19.4 Å². The number of benzene rings is 2. The van der Waals surface area contributed by atoms with Crippen LogP contribution in [0.2, 0.25) is 10.0 Å². The average molecular weight is 352 g/mol. The second kappa shape index (κ2) is 7.99. The molecule has 2 aromatic rings. The van der Waals surface area contributed by atoms with Gasteiger partial charge < -0.3 is 10.1 Å². The van der Waals surface area contributed by atoms with Gasteiger partial charge in [0.2, 0.25) is 0 Å². The van der Waals surface area contributed by atoms with Gasteiger partial charge in [-0.3, -0.25) is 9.59 Å². The number of hydrogen-bond acceptors (Lipinski definition) is 3. The third-order valence-electron chi connectivity index (χ3n) is 3.05. The fourth-order valence-corrected chi connectivity index (χ4v) is 2.09. The van der Waals surface area contributed by atoms with Crippen molar-refractivity contribution in [1.82, 2.24) is 0 Å². The summed E-state index contributed by atoms with van der Waals surface area (Å²) in [5, 5.41) is 3.82. The highest BCUT2D eigenvalue weighted by Gasteiger charge is 2.18. The van der Waals surface area contributed by atoms with Gasteiger partial charge in [0.25, 0.3) is 5.91 Å². The maximum absolute atomic E-state index is 12.0. The lowest BCUT2D eigenvalue weighted by molar-refractivity contribution is -0.152. The van der Waals surface area contributed by atoms with Crippen LogP contribution in [0.1, 0.15) is 12.5 Å². The van der Waals surface area contributed by atoms with Gasteiger partial charge in [-0.05, 0) is 48.9 Å². The van der Waals surface area contributed by atoms with E-state index in [0.29, 0.717) is 15.7 Å². The summed E-state index contributed by atoms with van der Waals surface area (Å²) in [6.45, 7) is 1.52. The molecule has 0 bridgehead atoms. The second-order valence-corrected chi connectivity index (χ2v) is 5.80. The molecule has 0 aliphatic rings. The molecule has 0 fully saturated rings. The molecule has 0 aliphatic heterocycles. The Balaban J connectivity index is 1.86. The Morgan fingerprint density at radius 2 is 1.52 bits per heavy atom. The lowest BCUT2D eigenvalue weighted by atomic mass is 10.1. The van der Waals surface area contributed by atoms with Gasteiger partial charge in [-0.1, -0.05) is 35.3 Å². The number of rotatable bonds is 5. The molecule has 1 N–H and O–H groups in total. The number of ether oxygens (including phenoxy) is 1. The van der Waals surface area contributed by atoms with Crippen LogP contribution in [-0.4, -0.2) is 18.0 Å². The predicted molar refractivity (Wildman–Crippen MR) is 90.8 cm³/mol. The van der Waals surface area contributed by atoms with Crippen molar-refractivity contribution >= 4 is 40.8 Å². The highest BCUT2D eigenvalue weighted by Crippen LogP contribution is 2.14. The number of amides is 1. The van der Waals surface area contributed by atoms with Crippen LogP contribution in [-0.2, 0) is 20.7 Å². The maximum Gasteiger partial charge on any atom is 0.311 e. The molecule has 0 aromatic heterocycles. The summed E-state index contributed by atoms with van der Waals surface area (Å²) >= 11 is 11.6. The first-order valence-corrected chi connectivity index (χ1v) is 7.70. The van der Waals surface area contributed by atoms with Crippen molar-refractivity contribution < 1.29 is 14.3 Å². The summed E-state index contributed by atoms with van der Waals surface area (Å²) in [6, 6.07) is 13.5. The number of halogens is 2. The summed E-state index contributed by atoms with van der Waals surface area (Å²) in [6.07, 6.45) is -0.819.